The Bertz CT molecular complexity index is 334. The molecule has 0 bridgehead atoms. The Morgan fingerprint density at radius 2 is 2.07 bits per heavy atom. The van der Waals surface area contributed by atoms with E-state index in [1.54, 1.807) is 0 Å². The number of hydrogen-bond acceptors (Lipinski definition) is 2. The van der Waals surface area contributed by atoms with Gasteiger partial charge in [-0.25, -0.2) is 0 Å². The minimum atomic E-state index is 0.374. The maximum absolute atomic E-state index is 6.00. The Hall–Kier alpha value is -0.540. The normalized spacial score (nSPS) is 17.7. The maximum atomic E-state index is 6.00. The molecule has 1 aliphatic rings. The first-order valence-electron chi connectivity index (χ1n) is 5.39. The van der Waals surface area contributed by atoms with E-state index < -0.39 is 0 Å². The van der Waals surface area contributed by atoms with Crippen LogP contribution < -0.4 is 10.1 Å². The van der Waals surface area contributed by atoms with Crippen LogP contribution in [0.1, 0.15) is 18.4 Å². The topological polar surface area (TPSA) is 21.3 Å². The number of aryl methyl sites for hydroxylation is 1. The fourth-order valence-corrected chi connectivity index (χ4v) is 2.13. The molecular formula is C12H16BrNO. The lowest BCUT2D eigenvalue weighted by atomic mass is 10.1. The van der Waals surface area contributed by atoms with Crippen molar-refractivity contribution < 1.29 is 4.74 Å². The van der Waals surface area contributed by atoms with Crippen molar-refractivity contribution in [2.75, 3.05) is 13.1 Å². The number of hydrogen-bond donors (Lipinski definition) is 1. The van der Waals surface area contributed by atoms with Crippen LogP contribution in [-0.2, 0) is 0 Å². The molecule has 1 saturated heterocycles. The van der Waals surface area contributed by atoms with Crippen molar-refractivity contribution in [3.63, 3.8) is 0 Å². The Morgan fingerprint density at radius 1 is 1.33 bits per heavy atom. The minimum Gasteiger partial charge on any atom is -0.490 e. The number of ether oxygens (including phenoxy) is 1. The molecule has 82 valence electrons. The van der Waals surface area contributed by atoms with Gasteiger partial charge in [-0.1, -0.05) is 22.0 Å². The second-order valence-corrected chi connectivity index (χ2v) is 4.89. The third-order valence-corrected chi connectivity index (χ3v) is 3.22. The van der Waals surface area contributed by atoms with Crippen molar-refractivity contribution in [1.82, 2.24) is 5.32 Å². The van der Waals surface area contributed by atoms with Gasteiger partial charge in [-0.2, -0.15) is 0 Å². The fraction of sp³-hybridized carbons (Fsp3) is 0.500. The third kappa shape index (κ3) is 2.95. The largest absolute Gasteiger partial charge is 0.490 e. The predicted octanol–water partition coefficient (Wildman–Crippen LogP) is 2.89. The average Bonchev–Trinajstić information content (AvgIpc) is 2.25. The van der Waals surface area contributed by atoms with E-state index in [0.29, 0.717) is 6.10 Å². The molecule has 2 nitrogen and oxygen atoms in total. The monoisotopic (exact) mass is 269 g/mol. The minimum absolute atomic E-state index is 0.374. The number of halogens is 1. The molecule has 1 heterocycles. The summed E-state index contributed by atoms with van der Waals surface area (Å²) in [6.45, 7) is 4.22. The molecule has 1 N–H and O–H groups in total. The van der Waals surface area contributed by atoms with Crippen molar-refractivity contribution in [3.8, 4) is 5.75 Å². The Labute approximate surface area is 99.1 Å². The number of nitrogens with one attached hydrogen (secondary N) is 1. The molecule has 0 aromatic heterocycles. The number of benzene rings is 1. The summed E-state index contributed by atoms with van der Waals surface area (Å²) in [5.41, 5.74) is 1.21. The summed E-state index contributed by atoms with van der Waals surface area (Å²) in [6.07, 6.45) is 2.58. The molecule has 0 unspecified atom stereocenters. The first-order valence-corrected chi connectivity index (χ1v) is 6.18. The highest BCUT2D eigenvalue weighted by Gasteiger charge is 2.15. The van der Waals surface area contributed by atoms with Crippen LogP contribution in [0.25, 0.3) is 0 Å². The van der Waals surface area contributed by atoms with E-state index in [0.717, 1.165) is 36.2 Å². The lowest BCUT2D eigenvalue weighted by Gasteiger charge is -2.24. The van der Waals surface area contributed by atoms with Gasteiger partial charge >= 0.3 is 0 Å². The summed E-state index contributed by atoms with van der Waals surface area (Å²) in [4.78, 5) is 0. The van der Waals surface area contributed by atoms with Crippen molar-refractivity contribution in [2.45, 2.75) is 25.9 Å². The lowest BCUT2D eigenvalue weighted by Crippen LogP contribution is -2.34. The Morgan fingerprint density at radius 3 is 2.80 bits per heavy atom. The highest BCUT2D eigenvalue weighted by atomic mass is 79.9. The highest BCUT2D eigenvalue weighted by Crippen LogP contribution is 2.25. The molecule has 0 saturated carbocycles. The van der Waals surface area contributed by atoms with Crippen molar-refractivity contribution in [2.24, 2.45) is 0 Å². The molecule has 1 aromatic carbocycles. The molecule has 3 heteroatoms. The van der Waals surface area contributed by atoms with E-state index in [-0.39, 0.29) is 0 Å². The van der Waals surface area contributed by atoms with Gasteiger partial charge in [0.05, 0.1) is 0 Å². The Kier molecular flexibility index (Phi) is 3.65. The van der Waals surface area contributed by atoms with Crippen LogP contribution in [-0.4, -0.2) is 19.2 Å². The smallest absolute Gasteiger partial charge is 0.123 e. The van der Waals surface area contributed by atoms with Crippen LogP contribution in [0.2, 0.25) is 0 Å². The SMILES string of the molecule is Cc1ccc(Br)cc1OC1CCNCC1. The van der Waals surface area contributed by atoms with Crippen LogP contribution in [0.3, 0.4) is 0 Å². The highest BCUT2D eigenvalue weighted by molar-refractivity contribution is 9.10. The first kappa shape index (κ1) is 11.0. The second kappa shape index (κ2) is 4.99. The maximum Gasteiger partial charge on any atom is 0.123 e. The van der Waals surface area contributed by atoms with Gasteiger partial charge in [0.15, 0.2) is 0 Å². The van der Waals surface area contributed by atoms with Crippen molar-refractivity contribution in [1.29, 1.82) is 0 Å². The molecule has 0 aliphatic carbocycles. The molecular weight excluding hydrogens is 254 g/mol. The second-order valence-electron chi connectivity index (χ2n) is 3.98. The standard InChI is InChI=1S/C12H16BrNO/c1-9-2-3-10(13)8-12(9)15-11-4-6-14-7-5-11/h2-3,8,11,14H,4-7H2,1H3. The van der Waals surface area contributed by atoms with E-state index in [1.807, 2.05) is 6.07 Å². The lowest BCUT2D eigenvalue weighted by molar-refractivity contribution is 0.161. The van der Waals surface area contributed by atoms with Crippen LogP contribution >= 0.6 is 15.9 Å². The zero-order chi connectivity index (χ0) is 10.7. The Balaban J connectivity index is 2.05. The fourth-order valence-electron chi connectivity index (χ4n) is 1.79. The van der Waals surface area contributed by atoms with E-state index in [9.17, 15) is 0 Å². The molecule has 15 heavy (non-hydrogen) atoms. The molecule has 0 atom stereocenters. The van der Waals surface area contributed by atoms with Crippen LogP contribution in [0.4, 0.5) is 0 Å². The molecule has 0 spiro atoms. The van der Waals surface area contributed by atoms with E-state index in [1.165, 1.54) is 5.56 Å². The van der Waals surface area contributed by atoms with Gasteiger partial charge in [0.2, 0.25) is 0 Å². The summed E-state index contributed by atoms with van der Waals surface area (Å²) in [7, 11) is 0. The summed E-state index contributed by atoms with van der Waals surface area (Å²) < 4.78 is 7.08. The van der Waals surface area contributed by atoms with Crippen LogP contribution in [0.5, 0.6) is 5.75 Å². The van der Waals surface area contributed by atoms with Gasteiger partial charge in [0, 0.05) is 4.47 Å². The summed E-state index contributed by atoms with van der Waals surface area (Å²) in [5.74, 6) is 1.01. The molecule has 2 rings (SSSR count). The van der Waals surface area contributed by atoms with Gasteiger partial charge in [-0.3, -0.25) is 0 Å². The zero-order valence-electron chi connectivity index (χ0n) is 8.92. The number of piperidine rings is 1. The van der Waals surface area contributed by atoms with Gasteiger partial charge in [-0.05, 0) is 50.6 Å². The van der Waals surface area contributed by atoms with E-state index in [4.69, 9.17) is 4.74 Å². The van der Waals surface area contributed by atoms with E-state index >= 15 is 0 Å². The van der Waals surface area contributed by atoms with Gasteiger partial charge in [-0.15, -0.1) is 0 Å². The van der Waals surface area contributed by atoms with Crippen molar-refractivity contribution >= 4 is 15.9 Å². The van der Waals surface area contributed by atoms with Crippen molar-refractivity contribution in [3.05, 3.63) is 28.2 Å². The zero-order valence-corrected chi connectivity index (χ0v) is 10.5. The number of rotatable bonds is 2. The summed E-state index contributed by atoms with van der Waals surface area (Å²) >= 11 is 3.47. The molecule has 0 radical (unpaired) electrons. The molecule has 0 amide bonds. The van der Waals surface area contributed by atoms with Gasteiger partial charge in [0.1, 0.15) is 11.9 Å². The van der Waals surface area contributed by atoms with Gasteiger partial charge in [0.25, 0.3) is 0 Å². The van der Waals surface area contributed by atoms with Gasteiger partial charge < -0.3 is 10.1 Å². The molecule has 1 aromatic rings. The first-order chi connectivity index (χ1) is 7.25. The van der Waals surface area contributed by atoms with Crippen LogP contribution in [0, 0.1) is 6.92 Å². The quantitative estimate of drug-likeness (QED) is 0.892. The third-order valence-electron chi connectivity index (χ3n) is 2.73. The molecule has 1 aliphatic heterocycles. The van der Waals surface area contributed by atoms with Crippen LogP contribution in [0.15, 0.2) is 22.7 Å². The predicted molar refractivity (Wildman–Crippen MR) is 65.4 cm³/mol. The van der Waals surface area contributed by atoms with E-state index in [2.05, 4.69) is 40.3 Å². The molecule has 1 fully saturated rings. The summed E-state index contributed by atoms with van der Waals surface area (Å²) in [5, 5.41) is 3.34. The summed E-state index contributed by atoms with van der Waals surface area (Å²) in [6, 6.07) is 6.18. The average molecular weight is 270 g/mol.